The van der Waals surface area contributed by atoms with Crippen LogP contribution >= 0.6 is 11.3 Å². The van der Waals surface area contributed by atoms with Gasteiger partial charge in [-0.1, -0.05) is 109 Å². The molecule has 3 heterocycles. The summed E-state index contributed by atoms with van der Waals surface area (Å²) in [4.78, 5) is 60.3. The molecular formula is C44H38N8O3S. The van der Waals surface area contributed by atoms with Crippen LogP contribution in [0.5, 0.6) is 0 Å². The Kier molecular flexibility index (Phi) is 8.68. The molecule has 5 N–H and O–H groups in total. The zero-order valence-electron chi connectivity index (χ0n) is 30.8. The third-order valence-electron chi connectivity index (χ3n) is 11.1. The molecule has 9 rings (SSSR count). The number of carbonyl (C=O) groups excluding carboxylic acids is 3. The molecule has 11 nitrogen and oxygen atoms in total. The highest BCUT2D eigenvalue weighted by Gasteiger charge is 2.50. The van der Waals surface area contributed by atoms with E-state index in [1.807, 2.05) is 115 Å². The first-order valence-corrected chi connectivity index (χ1v) is 19.3. The molecule has 4 aromatic carbocycles. The molecule has 2 aromatic heterocycles. The van der Waals surface area contributed by atoms with Crippen molar-refractivity contribution in [3.63, 3.8) is 0 Å². The van der Waals surface area contributed by atoms with Gasteiger partial charge in [-0.25, -0.2) is 15.0 Å². The molecule has 0 saturated heterocycles. The lowest BCUT2D eigenvalue weighted by molar-refractivity contribution is -0.126. The van der Waals surface area contributed by atoms with E-state index < -0.39 is 11.5 Å². The quantitative estimate of drug-likeness (QED) is 0.194. The zero-order chi connectivity index (χ0) is 38.7. The van der Waals surface area contributed by atoms with Crippen molar-refractivity contribution in [2.75, 3.05) is 28.3 Å². The van der Waals surface area contributed by atoms with Gasteiger partial charge in [0.05, 0.1) is 30.0 Å². The number of nitrogens with one attached hydrogen (secondary N) is 1. The predicted molar refractivity (Wildman–Crippen MR) is 220 cm³/mol. The molecule has 2 atom stereocenters. The predicted octanol–water partition coefficient (Wildman–Crippen LogP) is 4.97. The van der Waals surface area contributed by atoms with Crippen LogP contribution in [0.15, 0.2) is 97.5 Å². The Morgan fingerprint density at radius 3 is 2.30 bits per heavy atom. The van der Waals surface area contributed by atoms with Gasteiger partial charge in [-0.3, -0.25) is 14.4 Å². The number of amides is 1. The monoisotopic (exact) mass is 758 g/mol. The summed E-state index contributed by atoms with van der Waals surface area (Å²) in [6.07, 6.45) is 6.78. The molecule has 0 saturated carbocycles. The molecule has 1 aliphatic heterocycles. The number of hydrogen-bond donors (Lipinski definition) is 3. The Morgan fingerprint density at radius 2 is 1.59 bits per heavy atom. The van der Waals surface area contributed by atoms with Crippen LogP contribution < -0.4 is 37.0 Å². The number of anilines is 3. The van der Waals surface area contributed by atoms with Crippen LogP contribution in [0.3, 0.4) is 0 Å². The fourth-order valence-electron chi connectivity index (χ4n) is 8.19. The smallest absolute Gasteiger partial charge is 0.245 e. The van der Waals surface area contributed by atoms with Crippen molar-refractivity contribution in [1.82, 2.24) is 15.0 Å². The van der Waals surface area contributed by atoms with E-state index in [-0.39, 0.29) is 30.7 Å². The summed E-state index contributed by atoms with van der Waals surface area (Å²) >= 11 is 1.40. The van der Waals surface area contributed by atoms with Gasteiger partial charge in [-0.15, -0.1) is 0 Å². The highest BCUT2D eigenvalue weighted by atomic mass is 32.1. The standard InChI is InChI=1S/C44H38N8O3S/c1-25-17-34-33-18-37(53)32-6-4-3-5-30(32)31(33)15-16-35(34)44(2,41(25)55)52-24-51(36-21-47-23-48-42(36)52)22-38(54)49-43-50-39(28-11-7-26(19-45)8-12-28)40(56-43)29-13-9-27(20-46)10-14-29/h3-18,21,23,25H,19-20,22,24,45-46H2,1-2H3,(H,49,50,54). The molecule has 12 heteroatoms. The molecule has 0 radical (unpaired) electrons. The largest absolute Gasteiger partial charge is 0.340 e. The summed E-state index contributed by atoms with van der Waals surface area (Å²) in [6.45, 7) is 4.83. The van der Waals surface area contributed by atoms with Crippen LogP contribution in [-0.2, 0) is 28.2 Å². The molecule has 6 aromatic rings. The Bertz CT molecular complexity index is 2650. The SMILES string of the molecule is CC1C=c2c(ccc3c2=CC(=O)c2ccccc2-3)C(C)(N2CN(CC(=O)Nc3nc(-c4ccc(CN)cc4)c(-c4ccc(CN)cc4)s3)c3cncnc32)C1=O. The molecule has 278 valence electrons. The first-order chi connectivity index (χ1) is 27.2. The molecule has 0 bridgehead atoms. The Balaban J connectivity index is 1.04. The molecule has 0 spiro atoms. The van der Waals surface area contributed by atoms with Crippen LogP contribution in [-0.4, -0.2) is 45.6 Å². The number of nitrogens with zero attached hydrogens (tertiary/aromatic N) is 5. The van der Waals surface area contributed by atoms with Gasteiger partial charge in [-0.2, -0.15) is 0 Å². The second-order valence-corrected chi connectivity index (χ2v) is 15.5. The number of thiazole rings is 1. The number of ketones is 2. The fourth-order valence-corrected chi connectivity index (χ4v) is 9.20. The molecule has 0 fully saturated rings. The molecule has 56 heavy (non-hydrogen) atoms. The minimum atomic E-state index is -1.17. The van der Waals surface area contributed by atoms with E-state index >= 15 is 0 Å². The highest BCUT2D eigenvalue weighted by Crippen LogP contribution is 2.44. The van der Waals surface area contributed by atoms with Gasteiger partial charge >= 0.3 is 0 Å². The minimum absolute atomic E-state index is 0.00909. The average Bonchev–Trinajstić information content (AvgIpc) is 3.82. The van der Waals surface area contributed by atoms with Gasteiger partial charge in [0.15, 0.2) is 22.5 Å². The zero-order valence-corrected chi connectivity index (χ0v) is 31.6. The van der Waals surface area contributed by atoms with E-state index in [0.29, 0.717) is 35.3 Å². The Morgan fingerprint density at radius 1 is 0.893 bits per heavy atom. The van der Waals surface area contributed by atoms with Gasteiger partial charge in [-0.05, 0) is 56.8 Å². The van der Waals surface area contributed by atoms with Crippen molar-refractivity contribution in [3.8, 4) is 32.8 Å². The van der Waals surface area contributed by atoms with Crippen molar-refractivity contribution < 1.29 is 14.4 Å². The summed E-state index contributed by atoms with van der Waals surface area (Å²) in [7, 11) is 0. The molecule has 1 amide bonds. The number of benzene rings is 4. The first kappa shape index (κ1) is 35.4. The second kappa shape index (κ2) is 13.7. The summed E-state index contributed by atoms with van der Waals surface area (Å²) in [5, 5.41) is 5.17. The van der Waals surface area contributed by atoms with E-state index in [9.17, 15) is 14.4 Å². The van der Waals surface area contributed by atoms with Crippen molar-refractivity contribution >= 4 is 57.6 Å². The normalized spacial score (nSPS) is 18.0. The Labute approximate surface area is 327 Å². The lowest BCUT2D eigenvalue weighted by Gasteiger charge is -2.42. The van der Waals surface area contributed by atoms with E-state index in [2.05, 4.69) is 15.3 Å². The number of Topliss-reactive ketones (excluding diaryl/α,β-unsaturated/α-hetero) is 2. The number of rotatable bonds is 8. The number of aromatic nitrogens is 3. The Hall–Kier alpha value is -6.34. The maximum absolute atomic E-state index is 14.4. The van der Waals surface area contributed by atoms with Gasteiger partial charge in [0.25, 0.3) is 0 Å². The van der Waals surface area contributed by atoms with Crippen molar-refractivity contribution in [3.05, 3.63) is 130 Å². The molecule has 2 aliphatic carbocycles. The number of nitrogens with two attached hydrogens (primary N) is 2. The van der Waals surface area contributed by atoms with E-state index in [1.54, 1.807) is 12.3 Å². The molecule has 3 aliphatic rings. The topological polar surface area (TPSA) is 160 Å². The third kappa shape index (κ3) is 5.72. The lowest BCUT2D eigenvalue weighted by atomic mass is 9.73. The summed E-state index contributed by atoms with van der Waals surface area (Å²) in [6, 6.07) is 27.6. The van der Waals surface area contributed by atoms with Gasteiger partial charge in [0.1, 0.15) is 17.6 Å². The van der Waals surface area contributed by atoms with Crippen LogP contribution in [0.4, 0.5) is 16.6 Å². The van der Waals surface area contributed by atoms with Gasteiger partial charge in [0, 0.05) is 30.1 Å². The highest BCUT2D eigenvalue weighted by molar-refractivity contribution is 7.19. The van der Waals surface area contributed by atoms with Crippen molar-refractivity contribution in [2.45, 2.75) is 32.5 Å². The molecular weight excluding hydrogens is 721 g/mol. The van der Waals surface area contributed by atoms with Gasteiger partial charge < -0.3 is 26.6 Å². The van der Waals surface area contributed by atoms with Crippen molar-refractivity contribution in [1.29, 1.82) is 0 Å². The minimum Gasteiger partial charge on any atom is -0.340 e. The summed E-state index contributed by atoms with van der Waals surface area (Å²) < 4.78 is 0. The van der Waals surface area contributed by atoms with Crippen LogP contribution in [0.25, 0.3) is 45.0 Å². The van der Waals surface area contributed by atoms with Crippen molar-refractivity contribution in [2.24, 2.45) is 17.4 Å². The number of carbonyl (C=O) groups is 3. The molecule has 2 unspecified atom stereocenters. The van der Waals surface area contributed by atoms with E-state index in [1.165, 1.54) is 17.7 Å². The van der Waals surface area contributed by atoms with Gasteiger partial charge in [0.2, 0.25) is 5.91 Å². The second-order valence-electron chi connectivity index (χ2n) is 14.5. The number of hydrogen-bond acceptors (Lipinski definition) is 11. The maximum Gasteiger partial charge on any atom is 0.245 e. The fraction of sp³-hybridized carbons (Fsp3) is 0.182. The van der Waals surface area contributed by atoms with E-state index in [0.717, 1.165) is 60.0 Å². The first-order valence-electron chi connectivity index (χ1n) is 18.4. The average molecular weight is 759 g/mol. The summed E-state index contributed by atoms with van der Waals surface area (Å²) in [5.41, 5.74) is 19.1. The number of fused-ring (bicyclic) bond motifs is 6. The summed E-state index contributed by atoms with van der Waals surface area (Å²) in [5.74, 6) is -0.258. The van der Waals surface area contributed by atoms with Crippen LogP contribution in [0.1, 0.15) is 40.9 Å². The lowest BCUT2D eigenvalue weighted by Crippen LogP contribution is -2.59. The van der Waals surface area contributed by atoms with E-state index in [4.69, 9.17) is 16.5 Å². The van der Waals surface area contributed by atoms with Crippen LogP contribution in [0, 0.1) is 5.92 Å². The maximum atomic E-state index is 14.4. The third-order valence-corrected chi connectivity index (χ3v) is 12.1. The van der Waals surface area contributed by atoms with Crippen LogP contribution in [0.2, 0.25) is 0 Å².